The molecule has 0 spiro atoms. The Hall–Kier alpha value is -1.09. The van der Waals surface area contributed by atoms with Crippen LogP contribution < -0.4 is 10.6 Å². The predicted molar refractivity (Wildman–Crippen MR) is 111 cm³/mol. The van der Waals surface area contributed by atoms with Crippen LogP contribution in [0.15, 0.2) is 33.1 Å². The monoisotopic (exact) mass is 462 g/mol. The van der Waals surface area contributed by atoms with Gasteiger partial charge in [-0.25, -0.2) is 4.99 Å². The van der Waals surface area contributed by atoms with E-state index in [0.717, 1.165) is 43.3 Å². The van der Waals surface area contributed by atoms with Gasteiger partial charge in [-0.15, -0.1) is 35.3 Å². The van der Waals surface area contributed by atoms with Crippen LogP contribution in [0.4, 0.5) is 0 Å². The molecular formula is C17H27IN4OS. The highest BCUT2D eigenvalue weighted by Gasteiger charge is 2.07. The molecule has 1 atom stereocenters. The Morgan fingerprint density at radius 2 is 2.21 bits per heavy atom. The van der Waals surface area contributed by atoms with Gasteiger partial charge in [-0.05, 0) is 37.1 Å². The largest absolute Gasteiger partial charge is 0.359 e. The minimum Gasteiger partial charge on any atom is -0.359 e. The van der Waals surface area contributed by atoms with Crippen molar-refractivity contribution in [1.82, 2.24) is 15.8 Å². The fourth-order valence-electron chi connectivity index (χ4n) is 2.21. The van der Waals surface area contributed by atoms with Gasteiger partial charge in [0, 0.05) is 24.0 Å². The van der Waals surface area contributed by atoms with E-state index >= 15 is 0 Å². The molecule has 2 heterocycles. The lowest BCUT2D eigenvalue weighted by Crippen LogP contribution is -2.39. The van der Waals surface area contributed by atoms with Crippen molar-refractivity contribution in [2.45, 2.75) is 40.2 Å². The van der Waals surface area contributed by atoms with Crippen molar-refractivity contribution in [1.29, 1.82) is 0 Å². The molecule has 2 aromatic heterocycles. The lowest BCUT2D eigenvalue weighted by molar-refractivity contribution is 0.379. The second-order valence-electron chi connectivity index (χ2n) is 5.60. The molecule has 2 rings (SSSR count). The Balaban J connectivity index is 0.00000288. The first-order valence-electron chi connectivity index (χ1n) is 8.20. The molecule has 0 bridgehead atoms. The van der Waals surface area contributed by atoms with Crippen LogP contribution in [-0.4, -0.2) is 24.2 Å². The first-order valence-corrected chi connectivity index (χ1v) is 9.08. The number of nitrogens with one attached hydrogen (secondary N) is 2. The van der Waals surface area contributed by atoms with Gasteiger partial charge in [0.2, 0.25) is 0 Å². The van der Waals surface area contributed by atoms with Gasteiger partial charge < -0.3 is 15.2 Å². The normalized spacial score (nSPS) is 12.5. The van der Waals surface area contributed by atoms with E-state index in [9.17, 15) is 0 Å². The maximum absolute atomic E-state index is 5.27. The lowest BCUT2D eigenvalue weighted by Gasteiger charge is -2.15. The smallest absolute Gasteiger partial charge is 0.191 e. The maximum atomic E-state index is 5.27. The van der Waals surface area contributed by atoms with Crippen LogP contribution >= 0.6 is 35.3 Å². The number of hydrogen-bond donors (Lipinski definition) is 2. The van der Waals surface area contributed by atoms with E-state index in [1.807, 2.05) is 17.4 Å². The standard InChI is InChI=1S/C17H26N4OS.HI/c1-4-14-10-15(22-21-14)12-20-17(18-5-2)19-11-13(3)9-16-7-6-8-23-16;/h6-8,10,13H,4-5,9,11-12H2,1-3H3,(H2,18,19,20);1H. The average molecular weight is 462 g/mol. The highest BCUT2D eigenvalue weighted by atomic mass is 127. The van der Waals surface area contributed by atoms with E-state index in [2.05, 4.69) is 59.1 Å². The molecule has 5 nitrogen and oxygen atoms in total. The van der Waals surface area contributed by atoms with Gasteiger partial charge in [0.25, 0.3) is 0 Å². The summed E-state index contributed by atoms with van der Waals surface area (Å²) >= 11 is 1.81. The van der Waals surface area contributed by atoms with Crippen molar-refractivity contribution in [2.75, 3.05) is 13.1 Å². The summed E-state index contributed by atoms with van der Waals surface area (Å²) in [6.45, 7) is 8.60. The van der Waals surface area contributed by atoms with Crippen molar-refractivity contribution >= 4 is 41.3 Å². The molecule has 2 N–H and O–H groups in total. The van der Waals surface area contributed by atoms with Crippen molar-refractivity contribution in [3.05, 3.63) is 39.9 Å². The average Bonchev–Trinajstić information content (AvgIpc) is 3.21. The van der Waals surface area contributed by atoms with Crippen LogP contribution in [0.3, 0.4) is 0 Å². The Labute approximate surface area is 165 Å². The van der Waals surface area contributed by atoms with Crippen LogP contribution in [0.25, 0.3) is 0 Å². The van der Waals surface area contributed by atoms with Gasteiger partial charge in [0.05, 0.1) is 5.69 Å². The summed E-state index contributed by atoms with van der Waals surface area (Å²) in [6, 6.07) is 6.26. The molecule has 0 amide bonds. The molecule has 0 aromatic carbocycles. The zero-order valence-electron chi connectivity index (χ0n) is 14.5. The van der Waals surface area contributed by atoms with E-state index in [-0.39, 0.29) is 24.0 Å². The summed E-state index contributed by atoms with van der Waals surface area (Å²) in [7, 11) is 0. The second-order valence-corrected chi connectivity index (χ2v) is 6.64. The fourth-order valence-corrected chi connectivity index (χ4v) is 3.08. The van der Waals surface area contributed by atoms with Crippen LogP contribution in [0.1, 0.15) is 37.1 Å². The summed E-state index contributed by atoms with van der Waals surface area (Å²) < 4.78 is 5.27. The zero-order valence-corrected chi connectivity index (χ0v) is 17.7. The predicted octanol–water partition coefficient (Wildman–Crippen LogP) is 3.85. The molecule has 0 fully saturated rings. The van der Waals surface area contributed by atoms with Gasteiger partial charge in [0.1, 0.15) is 6.54 Å². The lowest BCUT2D eigenvalue weighted by atomic mass is 10.1. The summed E-state index contributed by atoms with van der Waals surface area (Å²) in [5.74, 6) is 2.17. The van der Waals surface area contributed by atoms with Crippen molar-refractivity contribution in [3.63, 3.8) is 0 Å². The van der Waals surface area contributed by atoms with Crippen LogP contribution in [0.5, 0.6) is 0 Å². The van der Waals surface area contributed by atoms with Crippen molar-refractivity contribution < 1.29 is 4.52 Å². The molecule has 0 radical (unpaired) electrons. The molecule has 24 heavy (non-hydrogen) atoms. The number of rotatable bonds is 8. The summed E-state index contributed by atoms with van der Waals surface area (Å²) in [6.07, 6.45) is 1.97. The molecule has 0 aliphatic carbocycles. The minimum atomic E-state index is 0. The minimum absolute atomic E-state index is 0. The molecule has 1 unspecified atom stereocenters. The van der Waals surface area contributed by atoms with E-state index < -0.39 is 0 Å². The molecule has 0 saturated heterocycles. The Morgan fingerprint density at radius 1 is 1.38 bits per heavy atom. The van der Waals surface area contributed by atoms with Crippen molar-refractivity contribution in [2.24, 2.45) is 10.9 Å². The number of guanidine groups is 1. The highest BCUT2D eigenvalue weighted by Crippen LogP contribution is 2.13. The second kappa shape index (κ2) is 11.5. The SMILES string of the molecule is CCNC(=NCc1cc(CC)no1)NCC(C)Cc1cccs1.I. The molecule has 0 aliphatic heterocycles. The fraction of sp³-hybridized carbons (Fsp3) is 0.529. The number of aliphatic imine (C=N–C) groups is 1. The van der Waals surface area contributed by atoms with E-state index in [1.54, 1.807) is 0 Å². The molecule has 2 aromatic rings. The van der Waals surface area contributed by atoms with E-state index in [4.69, 9.17) is 4.52 Å². The zero-order chi connectivity index (χ0) is 16.5. The van der Waals surface area contributed by atoms with Crippen LogP contribution in [0, 0.1) is 5.92 Å². The number of hydrogen-bond acceptors (Lipinski definition) is 4. The topological polar surface area (TPSA) is 62.5 Å². The number of aromatic nitrogens is 1. The first-order chi connectivity index (χ1) is 11.2. The maximum Gasteiger partial charge on any atom is 0.191 e. The van der Waals surface area contributed by atoms with E-state index in [1.165, 1.54) is 4.88 Å². The van der Waals surface area contributed by atoms with Gasteiger partial charge >= 0.3 is 0 Å². The molecular weight excluding hydrogens is 435 g/mol. The number of thiophene rings is 1. The van der Waals surface area contributed by atoms with E-state index in [0.29, 0.717) is 12.5 Å². The first kappa shape index (κ1) is 21.0. The molecule has 0 saturated carbocycles. The molecule has 7 heteroatoms. The Bertz CT molecular complexity index is 598. The number of aryl methyl sites for hydroxylation is 1. The third kappa shape index (κ3) is 7.21. The quantitative estimate of drug-likeness (QED) is 0.356. The number of nitrogens with zero attached hydrogens (tertiary/aromatic N) is 2. The van der Waals surface area contributed by atoms with Gasteiger partial charge in [-0.2, -0.15) is 0 Å². The van der Waals surface area contributed by atoms with Crippen LogP contribution in [0.2, 0.25) is 0 Å². The van der Waals surface area contributed by atoms with Crippen LogP contribution in [-0.2, 0) is 19.4 Å². The number of halogens is 1. The van der Waals surface area contributed by atoms with Gasteiger partial charge in [0.15, 0.2) is 11.7 Å². The Morgan fingerprint density at radius 3 is 2.83 bits per heavy atom. The third-order valence-electron chi connectivity index (χ3n) is 3.45. The highest BCUT2D eigenvalue weighted by molar-refractivity contribution is 14.0. The molecule has 0 aliphatic rings. The van der Waals surface area contributed by atoms with Gasteiger partial charge in [-0.1, -0.05) is 25.1 Å². The summed E-state index contributed by atoms with van der Waals surface area (Å²) in [5.41, 5.74) is 0.970. The molecule has 134 valence electrons. The summed E-state index contributed by atoms with van der Waals surface area (Å²) in [5, 5.41) is 12.8. The Kier molecular flexibility index (Phi) is 10.0. The van der Waals surface area contributed by atoms with Gasteiger partial charge in [-0.3, -0.25) is 0 Å². The third-order valence-corrected chi connectivity index (χ3v) is 4.35. The van der Waals surface area contributed by atoms with Crippen molar-refractivity contribution in [3.8, 4) is 0 Å². The summed E-state index contributed by atoms with van der Waals surface area (Å²) in [4.78, 5) is 5.99.